The summed E-state index contributed by atoms with van der Waals surface area (Å²) in [5, 5.41) is 0. The molecule has 0 saturated carbocycles. The molecule has 0 spiro atoms. The number of halogens is 1. The van der Waals surface area contributed by atoms with E-state index >= 15 is 0 Å². The van der Waals surface area contributed by atoms with Gasteiger partial charge in [0.25, 0.3) is 0 Å². The van der Waals surface area contributed by atoms with Gasteiger partial charge in [0.05, 0.1) is 4.47 Å². The first-order valence-corrected chi connectivity index (χ1v) is 5.10. The topological polar surface area (TPSA) is 26.3 Å². The lowest BCUT2D eigenvalue weighted by Crippen LogP contribution is -2.12. The molecule has 14 heavy (non-hydrogen) atoms. The predicted molar refractivity (Wildman–Crippen MR) is 58.3 cm³/mol. The van der Waals surface area contributed by atoms with Crippen molar-refractivity contribution in [2.45, 2.75) is 6.92 Å². The summed E-state index contributed by atoms with van der Waals surface area (Å²) in [6.07, 6.45) is 1.88. The minimum absolute atomic E-state index is 0.0654. The lowest BCUT2D eigenvalue weighted by Gasteiger charge is -2.17. The first-order valence-electron chi connectivity index (χ1n) is 4.31. The Labute approximate surface area is 90.7 Å². The highest BCUT2D eigenvalue weighted by Gasteiger charge is 2.15. The molecule has 2 rings (SSSR count). The van der Waals surface area contributed by atoms with Crippen LogP contribution in [0, 0.1) is 0 Å². The molecule has 2 nitrogen and oxygen atoms in total. The average Bonchev–Trinajstić information content (AvgIpc) is 2.17. The Morgan fingerprint density at radius 3 is 3.00 bits per heavy atom. The van der Waals surface area contributed by atoms with Crippen LogP contribution in [0.25, 0.3) is 6.08 Å². The van der Waals surface area contributed by atoms with Crippen LogP contribution in [0.3, 0.4) is 0 Å². The summed E-state index contributed by atoms with van der Waals surface area (Å²) < 4.78 is 6.42. The Hall–Kier alpha value is -1.09. The van der Waals surface area contributed by atoms with Gasteiger partial charge in [0.2, 0.25) is 0 Å². The summed E-state index contributed by atoms with van der Waals surface area (Å²) >= 11 is 3.40. The van der Waals surface area contributed by atoms with Crippen LogP contribution in [0.15, 0.2) is 28.2 Å². The number of rotatable bonds is 1. The number of fused-ring (bicyclic) bond motifs is 1. The number of hydrogen-bond donors (Lipinski definition) is 0. The van der Waals surface area contributed by atoms with Gasteiger partial charge in [0, 0.05) is 11.1 Å². The van der Waals surface area contributed by atoms with Crippen molar-refractivity contribution in [3.8, 4) is 5.75 Å². The van der Waals surface area contributed by atoms with E-state index < -0.39 is 0 Å². The van der Waals surface area contributed by atoms with Crippen molar-refractivity contribution in [2.24, 2.45) is 0 Å². The van der Waals surface area contributed by atoms with E-state index in [1.165, 1.54) is 0 Å². The minimum atomic E-state index is 0.0654. The summed E-state index contributed by atoms with van der Waals surface area (Å²) in [5.41, 5.74) is 1.67. The summed E-state index contributed by atoms with van der Waals surface area (Å²) in [4.78, 5) is 11.1. The molecule has 0 atom stereocenters. The zero-order valence-electron chi connectivity index (χ0n) is 7.71. The van der Waals surface area contributed by atoms with Gasteiger partial charge in [-0.05, 0) is 35.0 Å². The van der Waals surface area contributed by atoms with Gasteiger partial charge in [0.1, 0.15) is 12.4 Å². The summed E-state index contributed by atoms with van der Waals surface area (Å²) in [6.45, 7) is 1.92. The molecule has 1 aliphatic heterocycles. The number of hydrogen-bond acceptors (Lipinski definition) is 2. The van der Waals surface area contributed by atoms with Crippen LogP contribution in [-0.2, 0) is 4.79 Å². The highest BCUT2D eigenvalue weighted by Crippen LogP contribution is 2.33. The van der Waals surface area contributed by atoms with E-state index in [-0.39, 0.29) is 5.78 Å². The second kappa shape index (κ2) is 3.58. The van der Waals surface area contributed by atoms with Crippen LogP contribution in [0.2, 0.25) is 0 Å². The van der Waals surface area contributed by atoms with E-state index in [9.17, 15) is 4.79 Å². The third-order valence-corrected chi connectivity index (χ3v) is 2.78. The first-order chi connectivity index (χ1) is 6.68. The number of benzene rings is 1. The fraction of sp³-hybridized carbons (Fsp3) is 0.182. The smallest absolute Gasteiger partial charge is 0.159 e. The van der Waals surface area contributed by atoms with Crippen LogP contribution >= 0.6 is 15.9 Å². The SMILES string of the molecule is CC(=O)C1=Cc2cccc(Br)c2OC1. The second-order valence-electron chi connectivity index (χ2n) is 3.17. The molecule has 3 heteroatoms. The van der Waals surface area contributed by atoms with Crippen LogP contribution in [0.1, 0.15) is 12.5 Å². The molecule has 0 bridgehead atoms. The van der Waals surface area contributed by atoms with Crippen LogP contribution in [-0.4, -0.2) is 12.4 Å². The lowest BCUT2D eigenvalue weighted by molar-refractivity contribution is -0.113. The Kier molecular flexibility index (Phi) is 2.42. The Morgan fingerprint density at radius 2 is 2.29 bits per heavy atom. The quantitative estimate of drug-likeness (QED) is 0.769. The van der Waals surface area contributed by atoms with E-state index in [0.717, 1.165) is 21.4 Å². The molecular formula is C11H9BrO2. The number of ketones is 1. The van der Waals surface area contributed by atoms with Crippen molar-refractivity contribution in [1.82, 2.24) is 0 Å². The molecule has 0 radical (unpaired) electrons. The van der Waals surface area contributed by atoms with Crippen LogP contribution < -0.4 is 4.74 Å². The molecule has 0 aromatic heterocycles. The minimum Gasteiger partial charge on any atom is -0.487 e. The monoisotopic (exact) mass is 252 g/mol. The van der Waals surface area contributed by atoms with E-state index in [0.29, 0.717) is 6.61 Å². The largest absolute Gasteiger partial charge is 0.487 e. The highest BCUT2D eigenvalue weighted by atomic mass is 79.9. The fourth-order valence-electron chi connectivity index (χ4n) is 1.37. The van der Waals surface area contributed by atoms with Gasteiger partial charge in [-0.2, -0.15) is 0 Å². The van der Waals surface area contributed by atoms with Crippen molar-refractivity contribution >= 4 is 27.8 Å². The maximum Gasteiger partial charge on any atom is 0.159 e. The van der Waals surface area contributed by atoms with Gasteiger partial charge < -0.3 is 4.74 Å². The highest BCUT2D eigenvalue weighted by molar-refractivity contribution is 9.10. The average molecular weight is 253 g/mol. The zero-order valence-corrected chi connectivity index (χ0v) is 9.30. The number of carbonyl (C=O) groups excluding carboxylic acids is 1. The van der Waals surface area contributed by atoms with Gasteiger partial charge in [-0.15, -0.1) is 0 Å². The molecule has 0 unspecified atom stereocenters. The number of Topliss-reactive ketones (excluding diaryl/α,β-unsaturated/α-hetero) is 1. The van der Waals surface area contributed by atoms with Crippen molar-refractivity contribution in [3.63, 3.8) is 0 Å². The number of ether oxygens (including phenoxy) is 1. The maximum atomic E-state index is 11.1. The van der Waals surface area contributed by atoms with Gasteiger partial charge in [-0.25, -0.2) is 0 Å². The predicted octanol–water partition coefficient (Wildman–Crippen LogP) is 2.81. The van der Waals surface area contributed by atoms with E-state index in [2.05, 4.69) is 15.9 Å². The molecule has 1 aromatic rings. The third kappa shape index (κ3) is 1.60. The second-order valence-corrected chi connectivity index (χ2v) is 4.03. The molecule has 0 amide bonds. The summed E-state index contributed by atoms with van der Waals surface area (Å²) in [7, 11) is 0. The summed E-state index contributed by atoms with van der Waals surface area (Å²) in [6, 6.07) is 5.78. The van der Waals surface area contributed by atoms with Crippen molar-refractivity contribution in [2.75, 3.05) is 6.61 Å². The molecule has 0 N–H and O–H groups in total. The number of carbonyl (C=O) groups is 1. The molecular weight excluding hydrogens is 244 g/mol. The van der Waals surface area contributed by atoms with E-state index in [4.69, 9.17) is 4.74 Å². The molecule has 0 fully saturated rings. The molecule has 0 saturated heterocycles. The van der Waals surface area contributed by atoms with Crippen LogP contribution in [0.4, 0.5) is 0 Å². The Bertz CT molecular complexity index is 421. The van der Waals surface area contributed by atoms with Gasteiger partial charge >= 0.3 is 0 Å². The Morgan fingerprint density at radius 1 is 1.50 bits per heavy atom. The lowest BCUT2D eigenvalue weighted by atomic mass is 10.1. The van der Waals surface area contributed by atoms with Crippen molar-refractivity contribution in [1.29, 1.82) is 0 Å². The molecule has 1 heterocycles. The molecule has 1 aromatic carbocycles. The number of para-hydroxylation sites is 1. The normalized spacial score (nSPS) is 14.0. The van der Waals surface area contributed by atoms with Gasteiger partial charge in [-0.3, -0.25) is 4.79 Å². The maximum absolute atomic E-state index is 11.1. The van der Waals surface area contributed by atoms with E-state index in [1.807, 2.05) is 24.3 Å². The first kappa shape index (κ1) is 9.46. The fourth-order valence-corrected chi connectivity index (χ4v) is 1.87. The van der Waals surface area contributed by atoms with Crippen molar-refractivity contribution < 1.29 is 9.53 Å². The van der Waals surface area contributed by atoms with Gasteiger partial charge in [-0.1, -0.05) is 12.1 Å². The third-order valence-electron chi connectivity index (χ3n) is 2.15. The zero-order chi connectivity index (χ0) is 10.1. The van der Waals surface area contributed by atoms with E-state index in [1.54, 1.807) is 6.92 Å². The standard InChI is InChI=1S/C11H9BrO2/c1-7(13)9-5-8-3-2-4-10(12)11(8)14-6-9/h2-5H,6H2,1H3. The summed E-state index contributed by atoms with van der Waals surface area (Å²) in [5.74, 6) is 0.883. The molecule has 1 aliphatic rings. The van der Waals surface area contributed by atoms with Gasteiger partial charge in [0.15, 0.2) is 5.78 Å². The molecule has 72 valence electrons. The van der Waals surface area contributed by atoms with Crippen molar-refractivity contribution in [3.05, 3.63) is 33.8 Å². The van der Waals surface area contributed by atoms with Crippen LogP contribution in [0.5, 0.6) is 5.75 Å². The Balaban J connectivity index is 2.50. The molecule has 0 aliphatic carbocycles.